The molecule has 1 atom stereocenters. The van der Waals surface area contributed by atoms with E-state index >= 15 is 0 Å². The first-order chi connectivity index (χ1) is 9.96. The number of rotatable bonds is 6. The molecule has 21 heavy (non-hydrogen) atoms. The molecule has 0 bridgehead atoms. The Hall–Kier alpha value is -1.40. The Kier molecular flexibility index (Phi) is 5.36. The van der Waals surface area contributed by atoms with Crippen LogP contribution in [0.1, 0.15) is 18.4 Å². The molecule has 1 aromatic carbocycles. The molecule has 1 N–H and O–H groups in total. The molecular weight excluding hydrogens is 288 g/mol. The highest BCUT2D eigenvalue weighted by Gasteiger charge is 2.30. The average molecular weight is 310 g/mol. The molecule has 1 saturated heterocycles. The van der Waals surface area contributed by atoms with E-state index < -0.39 is 9.84 Å². The van der Waals surface area contributed by atoms with Crippen molar-refractivity contribution in [1.82, 2.24) is 10.2 Å². The van der Waals surface area contributed by atoms with Crippen LogP contribution in [-0.2, 0) is 21.2 Å². The van der Waals surface area contributed by atoms with Gasteiger partial charge in [0.15, 0.2) is 0 Å². The Labute approximate surface area is 126 Å². The lowest BCUT2D eigenvalue weighted by Crippen LogP contribution is -2.44. The van der Waals surface area contributed by atoms with Crippen LogP contribution in [-0.4, -0.2) is 50.4 Å². The summed E-state index contributed by atoms with van der Waals surface area (Å²) in [4.78, 5) is 14.3. The molecule has 2 rings (SSSR count). The molecule has 1 aromatic rings. The van der Waals surface area contributed by atoms with Gasteiger partial charge in [-0.15, -0.1) is 0 Å². The van der Waals surface area contributed by atoms with E-state index in [0.29, 0.717) is 0 Å². The highest BCUT2D eigenvalue weighted by atomic mass is 32.2. The van der Waals surface area contributed by atoms with Crippen LogP contribution < -0.4 is 5.32 Å². The number of amides is 1. The van der Waals surface area contributed by atoms with Gasteiger partial charge >= 0.3 is 0 Å². The summed E-state index contributed by atoms with van der Waals surface area (Å²) in [6.07, 6.45) is 3.00. The third-order valence-corrected chi connectivity index (χ3v) is 4.61. The van der Waals surface area contributed by atoms with Gasteiger partial charge in [-0.1, -0.05) is 30.3 Å². The SMILES string of the molecule is CS(=O)(=O)CCNC(=O)[C@H]1CCCN1Cc1ccccc1. The molecule has 1 aliphatic rings. The van der Waals surface area contributed by atoms with Gasteiger partial charge in [0, 0.05) is 19.3 Å². The number of carbonyl (C=O) groups is 1. The van der Waals surface area contributed by atoms with Gasteiger partial charge in [-0.05, 0) is 24.9 Å². The number of likely N-dealkylation sites (tertiary alicyclic amines) is 1. The van der Waals surface area contributed by atoms with Gasteiger partial charge in [0.1, 0.15) is 9.84 Å². The zero-order chi connectivity index (χ0) is 15.3. The highest BCUT2D eigenvalue weighted by Crippen LogP contribution is 2.20. The van der Waals surface area contributed by atoms with Crippen molar-refractivity contribution in [3.05, 3.63) is 35.9 Å². The van der Waals surface area contributed by atoms with Crippen LogP contribution in [0.4, 0.5) is 0 Å². The van der Waals surface area contributed by atoms with Gasteiger partial charge in [-0.3, -0.25) is 9.69 Å². The number of hydrogen-bond acceptors (Lipinski definition) is 4. The Morgan fingerprint density at radius 2 is 2.05 bits per heavy atom. The first-order valence-electron chi connectivity index (χ1n) is 7.19. The van der Waals surface area contributed by atoms with Crippen molar-refractivity contribution in [2.24, 2.45) is 0 Å². The summed E-state index contributed by atoms with van der Waals surface area (Å²) in [6.45, 7) is 1.84. The Balaban J connectivity index is 1.87. The summed E-state index contributed by atoms with van der Waals surface area (Å²) in [7, 11) is -3.03. The Bertz CT molecular complexity index is 572. The summed E-state index contributed by atoms with van der Waals surface area (Å²) in [5, 5.41) is 2.74. The summed E-state index contributed by atoms with van der Waals surface area (Å²) in [5.41, 5.74) is 1.19. The molecule has 0 unspecified atom stereocenters. The maximum Gasteiger partial charge on any atom is 0.237 e. The molecule has 5 nitrogen and oxygen atoms in total. The normalized spacial score (nSPS) is 19.6. The van der Waals surface area contributed by atoms with Gasteiger partial charge in [0.25, 0.3) is 0 Å². The first kappa shape index (κ1) is 16.0. The molecular formula is C15H22N2O3S. The van der Waals surface area contributed by atoms with Crippen molar-refractivity contribution < 1.29 is 13.2 Å². The predicted molar refractivity (Wildman–Crippen MR) is 82.6 cm³/mol. The number of carbonyl (C=O) groups excluding carboxylic acids is 1. The van der Waals surface area contributed by atoms with Crippen molar-refractivity contribution in [1.29, 1.82) is 0 Å². The molecule has 1 fully saturated rings. The summed E-state index contributed by atoms with van der Waals surface area (Å²) >= 11 is 0. The fourth-order valence-electron chi connectivity index (χ4n) is 2.61. The number of benzene rings is 1. The van der Waals surface area contributed by atoms with Gasteiger partial charge in [0.05, 0.1) is 11.8 Å². The van der Waals surface area contributed by atoms with Gasteiger partial charge in [-0.25, -0.2) is 8.42 Å². The van der Waals surface area contributed by atoms with Crippen molar-refractivity contribution in [3.8, 4) is 0 Å². The van der Waals surface area contributed by atoms with Crippen LogP contribution >= 0.6 is 0 Å². The summed E-state index contributed by atoms with van der Waals surface area (Å²) in [6, 6.07) is 9.92. The minimum Gasteiger partial charge on any atom is -0.354 e. The third-order valence-electron chi connectivity index (χ3n) is 3.67. The van der Waals surface area contributed by atoms with Crippen LogP contribution in [0, 0.1) is 0 Å². The molecule has 1 amide bonds. The van der Waals surface area contributed by atoms with Crippen LogP contribution in [0.3, 0.4) is 0 Å². The molecule has 116 valence electrons. The Morgan fingerprint density at radius 3 is 2.71 bits per heavy atom. The Morgan fingerprint density at radius 1 is 1.33 bits per heavy atom. The van der Waals surface area contributed by atoms with E-state index in [0.717, 1.165) is 25.9 Å². The average Bonchev–Trinajstić information content (AvgIpc) is 2.86. The summed E-state index contributed by atoms with van der Waals surface area (Å²) < 4.78 is 22.2. The van der Waals surface area contributed by atoms with E-state index in [9.17, 15) is 13.2 Å². The van der Waals surface area contributed by atoms with E-state index in [1.54, 1.807) is 0 Å². The second-order valence-electron chi connectivity index (χ2n) is 5.54. The third kappa shape index (κ3) is 5.13. The molecule has 0 radical (unpaired) electrons. The summed E-state index contributed by atoms with van der Waals surface area (Å²) in [5.74, 6) is -0.0727. The van der Waals surface area contributed by atoms with E-state index in [1.807, 2.05) is 18.2 Å². The standard InChI is InChI=1S/C15H22N2O3S/c1-21(19,20)11-9-16-15(18)14-8-5-10-17(14)12-13-6-3-2-4-7-13/h2-4,6-7,14H,5,8-12H2,1H3,(H,16,18)/t14-/m1/s1. The number of sulfone groups is 1. The van der Waals surface area contributed by atoms with Crippen molar-refractivity contribution in [3.63, 3.8) is 0 Å². The lowest BCUT2D eigenvalue weighted by molar-refractivity contribution is -0.125. The number of nitrogens with one attached hydrogen (secondary N) is 1. The lowest BCUT2D eigenvalue weighted by Gasteiger charge is -2.23. The minimum atomic E-state index is -3.03. The lowest BCUT2D eigenvalue weighted by atomic mass is 10.1. The molecule has 1 aliphatic heterocycles. The smallest absolute Gasteiger partial charge is 0.237 e. The van der Waals surface area contributed by atoms with Gasteiger partial charge < -0.3 is 5.32 Å². The quantitative estimate of drug-likeness (QED) is 0.844. The van der Waals surface area contributed by atoms with Crippen LogP contribution in [0.15, 0.2) is 30.3 Å². The predicted octanol–water partition coefficient (Wildman–Crippen LogP) is 0.812. The van der Waals surface area contributed by atoms with E-state index in [1.165, 1.54) is 11.8 Å². The molecule has 0 aromatic heterocycles. The highest BCUT2D eigenvalue weighted by molar-refractivity contribution is 7.90. The van der Waals surface area contributed by atoms with E-state index in [2.05, 4.69) is 22.3 Å². The second-order valence-corrected chi connectivity index (χ2v) is 7.79. The number of nitrogens with zero attached hydrogens (tertiary/aromatic N) is 1. The van der Waals surface area contributed by atoms with Crippen molar-refractivity contribution in [2.45, 2.75) is 25.4 Å². The fourth-order valence-corrected chi connectivity index (χ4v) is 3.08. The number of hydrogen-bond donors (Lipinski definition) is 1. The largest absolute Gasteiger partial charge is 0.354 e. The van der Waals surface area contributed by atoms with Crippen LogP contribution in [0.5, 0.6) is 0 Å². The zero-order valence-corrected chi connectivity index (χ0v) is 13.1. The van der Waals surface area contributed by atoms with Crippen molar-refractivity contribution >= 4 is 15.7 Å². The van der Waals surface area contributed by atoms with Crippen LogP contribution in [0.25, 0.3) is 0 Å². The van der Waals surface area contributed by atoms with Crippen LogP contribution in [0.2, 0.25) is 0 Å². The van der Waals surface area contributed by atoms with Gasteiger partial charge in [-0.2, -0.15) is 0 Å². The van der Waals surface area contributed by atoms with Gasteiger partial charge in [0.2, 0.25) is 5.91 Å². The van der Waals surface area contributed by atoms with Crippen molar-refractivity contribution in [2.75, 3.05) is 25.1 Å². The molecule has 1 heterocycles. The molecule has 0 spiro atoms. The minimum absolute atomic E-state index is 0.00978. The second kappa shape index (κ2) is 7.04. The maximum atomic E-state index is 12.2. The van der Waals surface area contributed by atoms with E-state index in [-0.39, 0.29) is 24.2 Å². The zero-order valence-electron chi connectivity index (χ0n) is 12.3. The molecule has 6 heteroatoms. The molecule has 0 saturated carbocycles. The maximum absolute atomic E-state index is 12.2. The van der Waals surface area contributed by atoms with E-state index in [4.69, 9.17) is 0 Å². The molecule has 0 aliphatic carbocycles. The topological polar surface area (TPSA) is 66.5 Å². The fraction of sp³-hybridized carbons (Fsp3) is 0.533. The first-order valence-corrected chi connectivity index (χ1v) is 9.25. The monoisotopic (exact) mass is 310 g/mol.